The van der Waals surface area contributed by atoms with Crippen LogP contribution in [0.5, 0.6) is 0 Å². The number of nitrogens with zero attached hydrogens (tertiary/aromatic N) is 1. The van der Waals surface area contributed by atoms with E-state index in [-0.39, 0.29) is 11.9 Å². The van der Waals surface area contributed by atoms with Gasteiger partial charge in [0.1, 0.15) is 0 Å². The molecule has 1 aliphatic heterocycles. The predicted octanol–water partition coefficient (Wildman–Crippen LogP) is 1.57. The molecule has 1 unspecified atom stereocenters. The molecule has 1 aromatic rings. The number of nitrogens with one attached hydrogen (secondary N) is 1. The zero-order chi connectivity index (χ0) is 13.0. The lowest BCUT2D eigenvalue weighted by atomic mass is 10.2. The molecule has 18 heavy (non-hydrogen) atoms. The van der Waals surface area contributed by atoms with E-state index in [1.165, 1.54) is 12.8 Å². The van der Waals surface area contributed by atoms with E-state index in [9.17, 15) is 4.79 Å². The SMILES string of the molecule is CC(C(=O)Nc1cccc(CN)c1)N1CCCC1. The van der Waals surface area contributed by atoms with Gasteiger partial charge in [-0.25, -0.2) is 0 Å². The molecule has 98 valence electrons. The molecule has 2 rings (SSSR count). The number of benzene rings is 1. The first-order valence-corrected chi connectivity index (χ1v) is 6.54. The van der Waals surface area contributed by atoms with Crippen LogP contribution in [0.2, 0.25) is 0 Å². The van der Waals surface area contributed by atoms with Gasteiger partial charge in [0.2, 0.25) is 5.91 Å². The van der Waals surface area contributed by atoms with E-state index >= 15 is 0 Å². The van der Waals surface area contributed by atoms with Crippen molar-refractivity contribution in [1.29, 1.82) is 0 Å². The maximum atomic E-state index is 12.1. The number of carbonyl (C=O) groups is 1. The standard InChI is InChI=1S/C14H21N3O/c1-11(17-7-2-3-8-17)14(18)16-13-6-4-5-12(9-13)10-15/h4-6,9,11H,2-3,7-8,10,15H2,1H3,(H,16,18). The average molecular weight is 247 g/mol. The first-order valence-electron chi connectivity index (χ1n) is 6.54. The van der Waals surface area contributed by atoms with Gasteiger partial charge in [0.05, 0.1) is 6.04 Å². The highest BCUT2D eigenvalue weighted by atomic mass is 16.2. The van der Waals surface area contributed by atoms with E-state index in [2.05, 4.69) is 10.2 Å². The molecule has 3 N–H and O–H groups in total. The molecule has 1 saturated heterocycles. The second-order valence-electron chi connectivity index (χ2n) is 4.81. The minimum atomic E-state index is -0.0611. The quantitative estimate of drug-likeness (QED) is 0.849. The lowest BCUT2D eigenvalue weighted by Gasteiger charge is -2.22. The number of nitrogens with two attached hydrogens (primary N) is 1. The van der Waals surface area contributed by atoms with Crippen molar-refractivity contribution in [1.82, 2.24) is 4.90 Å². The van der Waals surface area contributed by atoms with E-state index in [1.54, 1.807) is 0 Å². The molecular weight excluding hydrogens is 226 g/mol. The largest absolute Gasteiger partial charge is 0.326 e. The molecule has 0 bridgehead atoms. The van der Waals surface area contributed by atoms with Gasteiger partial charge in [-0.15, -0.1) is 0 Å². The van der Waals surface area contributed by atoms with Crippen LogP contribution in [0.3, 0.4) is 0 Å². The van der Waals surface area contributed by atoms with Gasteiger partial charge in [-0.2, -0.15) is 0 Å². The van der Waals surface area contributed by atoms with Crippen molar-refractivity contribution in [2.75, 3.05) is 18.4 Å². The molecule has 0 aliphatic carbocycles. The van der Waals surface area contributed by atoms with Crippen LogP contribution in [0.25, 0.3) is 0 Å². The molecule has 0 radical (unpaired) electrons. The van der Waals surface area contributed by atoms with Crippen LogP contribution in [0, 0.1) is 0 Å². The van der Waals surface area contributed by atoms with Crippen molar-refractivity contribution < 1.29 is 4.79 Å². The summed E-state index contributed by atoms with van der Waals surface area (Å²) in [7, 11) is 0. The maximum Gasteiger partial charge on any atom is 0.241 e. The minimum Gasteiger partial charge on any atom is -0.326 e. The van der Waals surface area contributed by atoms with Crippen molar-refractivity contribution in [3.8, 4) is 0 Å². The summed E-state index contributed by atoms with van der Waals surface area (Å²) in [4.78, 5) is 14.3. The van der Waals surface area contributed by atoms with Crippen LogP contribution in [-0.4, -0.2) is 29.9 Å². The normalized spacial score (nSPS) is 17.7. The van der Waals surface area contributed by atoms with E-state index < -0.39 is 0 Å². The van der Waals surface area contributed by atoms with Gasteiger partial charge in [0.15, 0.2) is 0 Å². The summed E-state index contributed by atoms with van der Waals surface area (Å²) in [6.07, 6.45) is 2.39. The zero-order valence-electron chi connectivity index (χ0n) is 10.9. The Bertz CT molecular complexity index is 413. The topological polar surface area (TPSA) is 58.4 Å². The number of hydrogen-bond acceptors (Lipinski definition) is 3. The summed E-state index contributed by atoms with van der Waals surface area (Å²) >= 11 is 0. The summed E-state index contributed by atoms with van der Waals surface area (Å²) in [5.74, 6) is 0.0612. The Balaban J connectivity index is 1.97. The Kier molecular flexibility index (Phi) is 4.33. The molecule has 0 spiro atoms. The Morgan fingerprint density at radius 3 is 2.83 bits per heavy atom. The highest BCUT2D eigenvalue weighted by molar-refractivity contribution is 5.94. The average Bonchev–Trinajstić information content (AvgIpc) is 2.92. The van der Waals surface area contributed by atoms with E-state index in [1.807, 2.05) is 31.2 Å². The fourth-order valence-corrected chi connectivity index (χ4v) is 2.32. The van der Waals surface area contributed by atoms with Gasteiger partial charge in [0.25, 0.3) is 0 Å². The summed E-state index contributed by atoms with van der Waals surface area (Å²) < 4.78 is 0. The molecule has 1 aliphatic rings. The highest BCUT2D eigenvalue weighted by Crippen LogP contribution is 2.15. The summed E-state index contributed by atoms with van der Waals surface area (Å²) in [5.41, 5.74) is 7.44. The lowest BCUT2D eigenvalue weighted by molar-refractivity contribution is -0.120. The van der Waals surface area contributed by atoms with Crippen molar-refractivity contribution in [2.24, 2.45) is 5.73 Å². The Labute approximate surface area is 108 Å². The Morgan fingerprint density at radius 1 is 1.44 bits per heavy atom. The van der Waals surface area contributed by atoms with Gasteiger partial charge >= 0.3 is 0 Å². The molecule has 1 fully saturated rings. The van der Waals surface area contributed by atoms with Gasteiger partial charge in [-0.3, -0.25) is 9.69 Å². The molecule has 1 amide bonds. The monoisotopic (exact) mass is 247 g/mol. The molecule has 0 saturated carbocycles. The highest BCUT2D eigenvalue weighted by Gasteiger charge is 2.23. The van der Waals surface area contributed by atoms with Crippen LogP contribution < -0.4 is 11.1 Å². The molecule has 1 heterocycles. The van der Waals surface area contributed by atoms with Gasteiger partial charge < -0.3 is 11.1 Å². The Morgan fingerprint density at radius 2 is 2.17 bits per heavy atom. The fraction of sp³-hybridized carbons (Fsp3) is 0.500. The first kappa shape index (κ1) is 13.1. The van der Waals surface area contributed by atoms with Crippen LogP contribution >= 0.6 is 0 Å². The molecular formula is C14H21N3O. The van der Waals surface area contributed by atoms with Crippen LogP contribution in [0.15, 0.2) is 24.3 Å². The summed E-state index contributed by atoms with van der Waals surface area (Å²) in [5, 5.41) is 2.96. The number of carbonyl (C=O) groups excluding carboxylic acids is 1. The third kappa shape index (κ3) is 3.09. The van der Waals surface area contributed by atoms with E-state index in [4.69, 9.17) is 5.73 Å². The number of amides is 1. The van der Waals surface area contributed by atoms with Gasteiger partial charge in [-0.05, 0) is 50.6 Å². The molecule has 1 atom stereocenters. The third-order valence-corrected chi connectivity index (χ3v) is 3.50. The van der Waals surface area contributed by atoms with Crippen molar-refractivity contribution in [3.05, 3.63) is 29.8 Å². The fourth-order valence-electron chi connectivity index (χ4n) is 2.32. The lowest BCUT2D eigenvalue weighted by Crippen LogP contribution is -2.40. The van der Waals surface area contributed by atoms with Crippen molar-refractivity contribution in [2.45, 2.75) is 32.4 Å². The first-order chi connectivity index (χ1) is 8.70. The predicted molar refractivity (Wildman–Crippen MR) is 73.2 cm³/mol. The van der Waals surface area contributed by atoms with Crippen LogP contribution in [-0.2, 0) is 11.3 Å². The number of likely N-dealkylation sites (tertiary alicyclic amines) is 1. The minimum absolute atomic E-state index is 0.0611. The molecule has 0 aromatic heterocycles. The second-order valence-corrected chi connectivity index (χ2v) is 4.81. The van der Waals surface area contributed by atoms with Crippen molar-refractivity contribution >= 4 is 11.6 Å². The van der Waals surface area contributed by atoms with E-state index in [0.717, 1.165) is 24.3 Å². The molecule has 4 nitrogen and oxygen atoms in total. The van der Waals surface area contributed by atoms with Gasteiger partial charge in [0, 0.05) is 12.2 Å². The second kappa shape index (κ2) is 5.98. The maximum absolute atomic E-state index is 12.1. The zero-order valence-corrected chi connectivity index (χ0v) is 10.9. The summed E-state index contributed by atoms with van der Waals surface area (Å²) in [6.45, 7) is 4.51. The number of rotatable bonds is 4. The number of anilines is 1. The van der Waals surface area contributed by atoms with Gasteiger partial charge in [-0.1, -0.05) is 12.1 Å². The number of hydrogen-bond donors (Lipinski definition) is 2. The third-order valence-electron chi connectivity index (χ3n) is 3.50. The summed E-state index contributed by atoms with van der Waals surface area (Å²) in [6, 6.07) is 7.63. The van der Waals surface area contributed by atoms with Crippen molar-refractivity contribution in [3.63, 3.8) is 0 Å². The smallest absolute Gasteiger partial charge is 0.241 e. The van der Waals surface area contributed by atoms with E-state index in [0.29, 0.717) is 6.54 Å². The molecule has 4 heteroatoms. The molecule has 1 aromatic carbocycles. The van der Waals surface area contributed by atoms with Crippen LogP contribution in [0.4, 0.5) is 5.69 Å². The Hall–Kier alpha value is -1.39. The van der Waals surface area contributed by atoms with Crippen LogP contribution in [0.1, 0.15) is 25.3 Å².